The minimum absolute atomic E-state index is 0.103. The molecule has 1 unspecified atom stereocenters. The highest BCUT2D eigenvalue weighted by atomic mass is 19.1. The van der Waals surface area contributed by atoms with Crippen molar-refractivity contribution in [1.82, 2.24) is 4.90 Å². The van der Waals surface area contributed by atoms with Gasteiger partial charge < -0.3 is 10.6 Å². The maximum absolute atomic E-state index is 13.3. The fourth-order valence-corrected chi connectivity index (χ4v) is 4.06. The number of fused-ring (bicyclic) bond motifs is 1. The summed E-state index contributed by atoms with van der Waals surface area (Å²) in [5.41, 5.74) is 8.81. The van der Waals surface area contributed by atoms with Gasteiger partial charge in [0.2, 0.25) is 0 Å². The SMILES string of the molecule is CN(C[C@@H]1CCCC[C@H]1N)C1CCc2cc(F)ccc2C1. The monoisotopic (exact) mass is 290 g/mol. The molecule has 3 atom stereocenters. The third-order valence-electron chi connectivity index (χ3n) is 5.48. The van der Waals surface area contributed by atoms with Crippen LogP contribution < -0.4 is 5.73 Å². The third kappa shape index (κ3) is 3.46. The topological polar surface area (TPSA) is 29.3 Å². The Morgan fingerprint density at radius 1 is 1.19 bits per heavy atom. The van der Waals surface area contributed by atoms with E-state index < -0.39 is 0 Å². The first-order chi connectivity index (χ1) is 10.1. The first-order valence-electron chi connectivity index (χ1n) is 8.36. The van der Waals surface area contributed by atoms with Gasteiger partial charge in [-0.2, -0.15) is 0 Å². The van der Waals surface area contributed by atoms with Crippen molar-refractivity contribution >= 4 is 0 Å². The van der Waals surface area contributed by atoms with Crippen LogP contribution in [0.1, 0.15) is 43.2 Å². The van der Waals surface area contributed by atoms with Gasteiger partial charge in [0.25, 0.3) is 0 Å². The zero-order valence-corrected chi connectivity index (χ0v) is 13.0. The Bertz CT molecular complexity index is 488. The average molecular weight is 290 g/mol. The van der Waals surface area contributed by atoms with E-state index in [0.717, 1.165) is 25.8 Å². The molecule has 116 valence electrons. The van der Waals surface area contributed by atoms with E-state index in [2.05, 4.69) is 11.9 Å². The smallest absolute Gasteiger partial charge is 0.123 e. The Morgan fingerprint density at radius 2 is 2.00 bits per heavy atom. The molecule has 1 aromatic carbocycles. The van der Waals surface area contributed by atoms with Crippen molar-refractivity contribution in [2.75, 3.05) is 13.6 Å². The fourth-order valence-electron chi connectivity index (χ4n) is 4.06. The van der Waals surface area contributed by atoms with E-state index in [0.29, 0.717) is 18.0 Å². The lowest BCUT2D eigenvalue weighted by atomic mass is 9.83. The molecule has 21 heavy (non-hydrogen) atoms. The highest BCUT2D eigenvalue weighted by Crippen LogP contribution is 2.28. The Balaban J connectivity index is 1.61. The molecule has 2 aliphatic carbocycles. The molecule has 2 N–H and O–H groups in total. The first-order valence-corrected chi connectivity index (χ1v) is 8.36. The Labute approximate surface area is 127 Å². The van der Waals surface area contributed by atoms with Crippen LogP contribution in [0.15, 0.2) is 18.2 Å². The van der Waals surface area contributed by atoms with Crippen LogP contribution in [-0.2, 0) is 12.8 Å². The summed E-state index contributed by atoms with van der Waals surface area (Å²) in [4.78, 5) is 2.50. The summed E-state index contributed by atoms with van der Waals surface area (Å²) < 4.78 is 13.3. The van der Waals surface area contributed by atoms with E-state index >= 15 is 0 Å². The van der Waals surface area contributed by atoms with E-state index in [4.69, 9.17) is 5.73 Å². The second-order valence-corrected chi connectivity index (χ2v) is 6.96. The molecular formula is C18H27FN2. The van der Waals surface area contributed by atoms with Crippen LogP contribution in [0.5, 0.6) is 0 Å². The summed E-state index contributed by atoms with van der Waals surface area (Å²) in [7, 11) is 2.24. The van der Waals surface area contributed by atoms with Crippen LogP contribution in [0.2, 0.25) is 0 Å². The highest BCUT2D eigenvalue weighted by Gasteiger charge is 2.27. The van der Waals surface area contributed by atoms with Crippen molar-refractivity contribution in [3.8, 4) is 0 Å². The average Bonchev–Trinajstić information content (AvgIpc) is 2.49. The maximum Gasteiger partial charge on any atom is 0.123 e. The largest absolute Gasteiger partial charge is 0.327 e. The van der Waals surface area contributed by atoms with Gasteiger partial charge in [0, 0.05) is 18.6 Å². The lowest BCUT2D eigenvalue weighted by Crippen LogP contribution is -2.45. The number of benzene rings is 1. The van der Waals surface area contributed by atoms with E-state index in [-0.39, 0.29) is 5.82 Å². The number of rotatable bonds is 3. The van der Waals surface area contributed by atoms with Crippen LogP contribution in [0, 0.1) is 11.7 Å². The summed E-state index contributed by atoms with van der Waals surface area (Å²) in [5.74, 6) is 0.548. The quantitative estimate of drug-likeness (QED) is 0.926. The Kier molecular flexibility index (Phi) is 4.60. The molecule has 0 aromatic heterocycles. The summed E-state index contributed by atoms with van der Waals surface area (Å²) in [6.45, 7) is 1.11. The second kappa shape index (κ2) is 6.45. The molecule has 0 saturated heterocycles. The van der Waals surface area contributed by atoms with Gasteiger partial charge in [-0.25, -0.2) is 4.39 Å². The maximum atomic E-state index is 13.3. The van der Waals surface area contributed by atoms with Crippen molar-refractivity contribution in [2.24, 2.45) is 11.7 Å². The predicted molar refractivity (Wildman–Crippen MR) is 84.8 cm³/mol. The standard InChI is InChI=1S/C18H27FN2/c1-21(12-15-4-2-3-5-18(15)20)17-9-7-13-10-16(19)8-6-14(13)11-17/h6,8,10,15,17-18H,2-5,7,9,11-12,20H2,1H3/t15-,17?,18+/m0/s1. The molecule has 2 nitrogen and oxygen atoms in total. The fraction of sp³-hybridized carbons (Fsp3) is 0.667. The molecule has 3 rings (SSSR count). The van der Waals surface area contributed by atoms with Crippen LogP contribution >= 0.6 is 0 Å². The van der Waals surface area contributed by atoms with E-state index in [9.17, 15) is 4.39 Å². The summed E-state index contributed by atoms with van der Waals surface area (Å²) in [5, 5.41) is 0. The molecule has 3 heteroatoms. The minimum atomic E-state index is -0.103. The number of nitrogens with two attached hydrogens (primary N) is 1. The van der Waals surface area contributed by atoms with Crippen molar-refractivity contribution in [2.45, 2.75) is 57.0 Å². The molecule has 0 radical (unpaired) electrons. The zero-order chi connectivity index (χ0) is 14.8. The summed E-state index contributed by atoms with van der Waals surface area (Å²) in [6.07, 6.45) is 8.27. The van der Waals surface area contributed by atoms with Gasteiger partial charge in [-0.3, -0.25) is 0 Å². The predicted octanol–water partition coefficient (Wildman–Crippen LogP) is 3.13. The van der Waals surface area contributed by atoms with E-state index in [1.54, 1.807) is 12.1 Å². The molecule has 1 fully saturated rings. The molecule has 0 amide bonds. The molecule has 1 aromatic rings. The first kappa shape index (κ1) is 15.0. The van der Waals surface area contributed by atoms with Crippen LogP contribution in [0.4, 0.5) is 4.39 Å². The number of aryl methyl sites for hydroxylation is 1. The highest BCUT2D eigenvalue weighted by molar-refractivity contribution is 5.31. The number of hydrogen-bond donors (Lipinski definition) is 1. The van der Waals surface area contributed by atoms with Gasteiger partial charge in [-0.1, -0.05) is 18.9 Å². The lowest BCUT2D eigenvalue weighted by Gasteiger charge is -2.37. The van der Waals surface area contributed by atoms with Crippen LogP contribution in [0.3, 0.4) is 0 Å². The van der Waals surface area contributed by atoms with Gasteiger partial charge in [0.05, 0.1) is 0 Å². The molecule has 2 aliphatic rings. The van der Waals surface area contributed by atoms with E-state index in [1.165, 1.54) is 36.8 Å². The molecule has 0 spiro atoms. The van der Waals surface area contributed by atoms with Crippen molar-refractivity contribution in [1.29, 1.82) is 0 Å². The minimum Gasteiger partial charge on any atom is -0.327 e. The number of likely N-dealkylation sites (N-methyl/N-ethyl adjacent to an activating group) is 1. The molecule has 0 aliphatic heterocycles. The van der Waals surface area contributed by atoms with Gasteiger partial charge in [0.15, 0.2) is 0 Å². The summed E-state index contributed by atoms with van der Waals surface area (Å²) in [6, 6.07) is 6.24. The Morgan fingerprint density at radius 3 is 2.81 bits per heavy atom. The van der Waals surface area contributed by atoms with Crippen molar-refractivity contribution in [3.63, 3.8) is 0 Å². The summed E-state index contributed by atoms with van der Waals surface area (Å²) >= 11 is 0. The van der Waals surface area contributed by atoms with E-state index in [1.807, 2.05) is 6.07 Å². The third-order valence-corrected chi connectivity index (χ3v) is 5.48. The van der Waals surface area contributed by atoms with Crippen LogP contribution in [0.25, 0.3) is 0 Å². The Hall–Kier alpha value is -0.930. The number of halogens is 1. The van der Waals surface area contributed by atoms with Crippen LogP contribution in [-0.4, -0.2) is 30.6 Å². The van der Waals surface area contributed by atoms with Gasteiger partial charge in [-0.05, 0) is 68.3 Å². The van der Waals surface area contributed by atoms with Crippen molar-refractivity contribution in [3.05, 3.63) is 35.1 Å². The normalized spacial score (nSPS) is 29.4. The second-order valence-electron chi connectivity index (χ2n) is 6.96. The van der Waals surface area contributed by atoms with Crippen molar-refractivity contribution < 1.29 is 4.39 Å². The lowest BCUT2D eigenvalue weighted by molar-refractivity contribution is 0.157. The molecule has 1 saturated carbocycles. The van der Waals surface area contributed by atoms with Gasteiger partial charge in [0.1, 0.15) is 5.82 Å². The molecular weight excluding hydrogens is 263 g/mol. The molecule has 0 bridgehead atoms. The van der Waals surface area contributed by atoms with Gasteiger partial charge in [-0.15, -0.1) is 0 Å². The molecule has 0 heterocycles. The zero-order valence-electron chi connectivity index (χ0n) is 13.0. The number of nitrogens with zero attached hydrogens (tertiary/aromatic N) is 1. The number of hydrogen-bond acceptors (Lipinski definition) is 2. The van der Waals surface area contributed by atoms with Gasteiger partial charge >= 0.3 is 0 Å².